The minimum atomic E-state index is -0.351. The fraction of sp³-hybridized carbons (Fsp3) is 0.625. The van der Waals surface area contributed by atoms with Crippen LogP contribution < -0.4 is 11.1 Å². The van der Waals surface area contributed by atoms with Gasteiger partial charge in [-0.2, -0.15) is 0 Å². The maximum absolute atomic E-state index is 12.6. The van der Waals surface area contributed by atoms with Crippen molar-refractivity contribution in [1.82, 2.24) is 10.2 Å². The number of amides is 2. The van der Waals surface area contributed by atoms with Crippen molar-refractivity contribution in [1.29, 1.82) is 0 Å². The van der Waals surface area contributed by atoms with Crippen molar-refractivity contribution in [3.05, 3.63) is 22.4 Å². The highest BCUT2D eigenvalue weighted by atomic mass is 35.5. The molecule has 7 heteroatoms. The standard InChI is InChI=1S/C16H23N3O2S.ClH/c17-10-12(11-6-7-11)18-15(20)13-4-1-2-8-19(13)16(21)14-5-3-9-22-14;/h3,5,9,11-13H,1-2,4,6-8,10,17H2,(H,18,20);1H. The van der Waals surface area contributed by atoms with Crippen molar-refractivity contribution in [2.45, 2.75) is 44.2 Å². The van der Waals surface area contributed by atoms with Crippen molar-refractivity contribution >= 4 is 35.6 Å². The molecule has 2 unspecified atom stereocenters. The Kier molecular flexibility index (Phi) is 6.44. The van der Waals surface area contributed by atoms with Crippen LogP contribution in [0.3, 0.4) is 0 Å². The molecule has 0 bridgehead atoms. The van der Waals surface area contributed by atoms with E-state index in [1.165, 1.54) is 11.3 Å². The second-order valence-electron chi connectivity index (χ2n) is 6.18. The highest BCUT2D eigenvalue weighted by Gasteiger charge is 2.36. The molecule has 128 valence electrons. The predicted molar refractivity (Wildman–Crippen MR) is 94.0 cm³/mol. The molecule has 1 aromatic heterocycles. The van der Waals surface area contributed by atoms with Crippen LogP contribution in [0.2, 0.25) is 0 Å². The van der Waals surface area contributed by atoms with E-state index in [1.54, 1.807) is 4.90 Å². The lowest BCUT2D eigenvalue weighted by molar-refractivity contribution is -0.127. The first kappa shape index (κ1) is 18.2. The SMILES string of the molecule is Cl.NCC(NC(=O)C1CCCCN1C(=O)c1cccs1)C1CC1. The smallest absolute Gasteiger partial charge is 0.264 e. The molecule has 2 amide bonds. The van der Waals surface area contributed by atoms with Crippen molar-refractivity contribution in [2.75, 3.05) is 13.1 Å². The van der Waals surface area contributed by atoms with Gasteiger partial charge in [0, 0.05) is 19.1 Å². The number of hydrogen-bond donors (Lipinski definition) is 2. The third-order valence-electron chi connectivity index (χ3n) is 4.57. The lowest BCUT2D eigenvalue weighted by Crippen LogP contribution is -2.55. The molecule has 1 saturated carbocycles. The molecule has 2 fully saturated rings. The fourth-order valence-corrected chi connectivity index (χ4v) is 3.81. The number of nitrogens with one attached hydrogen (secondary N) is 1. The number of nitrogens with zero attached hydrogens (tertiary/aromatic N) is 1. The normalized spacial score (nSPS) is 22.1. The van der Waals surface area contributed by atoms with Gasteiger partial charge < -0.3 is 16.0 Å². The second kappa shape index (κ2) is 8.13. The Bertz CT molecular complexity index is 533. The number of piperidine rings is 1. The number of likely N-dealkylation sites (tertiary alicyclic amines) is 1. The van der Waals surface area contributed by atoms with Crippen molar-refractivity contribution in [3.8, 4) is 0 Å². The van der Waals surface area contributed by atoms with Gasteiger partial charge in [-0.3, -0.25) is 9.59 Å². The van der Waals surface area contributed by atoms with Crippen LogP contribution in [0.25, 0.3) is 0 Å². The van der Waals surface area contributed by atoms with Gasteiger partial charge in [-0.25, -0.2) is 0 Å². The molecule has 2 heterocycles. The molecule has 5 nitrogen and oxygen atoms in total. The van der Waals surface area contributed by atoms with E-state index in [9.17, 15) is 9.59 Å². The van der Waals surface area contributed by atoms with E-state index >= 15 is 0 Å². The van der Waals surface area contributed by atoms with Crippen LogP contribution in [0.4, 0.5) is 0 Å². The maximum atomic E-state index is 12.6. The Morgan fingerprint density at radius 1 is 1.35 bits per heavy atom. The van der Waals surface area contributed by atoms with E-state index in [2.05, 4.69) is 5.32 Å². The van der Waals surface area contributed by atoms with Gasteiger partial charge in [0.05, 0.1) is 4.88 Å². The van der Waals surface area contributed by atoms with Crippen LogP contribution in [-0.2, 0) is 4.79 Å². The summed E-state index contributed by atoms with van der Waals surface area (Å²) < 4.78 is 0. The monoisotopic (exact) mass is 357 g/mol. The van der Waals surface area contributed by atoms with Gasteiger partial charge in [0.15, 0.2) is 0 Å². The van der Waals surface area contributed by atoms with Crippen LogP contribution in [-0.4, -0.2) is 41.9 Å². The van der Waals surface area contributed by atoms with Gasteiger partial charge in [-0.15, -0.1) is 23.7 Å². The zero-order chi connectivity index (χ0) is 15.5. The summed E-state index contributed by atoms with van der Waals surface area (Å²) in [7, 11) is 0. The first-order valence-corrected chi connectivity index (χ1v) is 8.93. The molecular weight excluding hydrogens is 334 g/mol. The summed E-state index contributed by atoms with van der Waals surface area (Å²) >= 11 is 1.43. The number of thiophene rings is 1. The summed E-state index contributed by atoms with van der Waals surface area (Å²) in [5.41, 5.74) is 5.77. The molecule has 3 rings (SSSR count). The molecule has 23 heavy (non-hydrogen) atoms. The lowest BCUT2D eigenvalue weighted by Gasteiger charge is -2.35. The molecule has 0 spiro atoms. The third-order valence-corrected chi connectivity index (χ3v) is 5.43. The summed E-state index contributed by atoms with van der Waals surface area (Å²) in [6.07, 6.45) is 4.98. The Labute approximate surface area is 147 Å². The highest BCUT2D eigenvalue weighted by Crippen LogP contribution is 2.32. The average Bonchev–Trinajstić information content (AvgIpc) is 3.25. The van der Waals surface area contributed by atoms with Crippen LogP contribution in [0.5, 0.6) is 0 Å². The maximum Gasteiger partial charge on any atom is 0.264 e. The first-order chi connectivity index (χ1) is 10.7. The largest absolute Gasteiger partial charge is 0.350 e. The third kappa shape index (κ3) is 4.25. The Balaban J connectivity index is 0.00000192. The predicted octanol–water partition coefficient (Wildman–Crippen LogP) is 2.02. The van der Waals surface area contributed by atoms with Crippen molar-refractivity contribution in [3.63, 3.8) is 0 Å². The molecule has 1 aliphatic carbocycles. The average molecular weight is 358 g/mol. The molecule has 1 aliphatic heterocycles. The number of rotatable bonds is 5. The van der Waals surface area contributed by atoms with E-state index < -0.39 is 0 Å². The lowest BCUT2D eigenvalue weighted by atomic mass is 10.00. The van der Waals surface area contributed by atoms with E-state index in [0.717, 1.165) is 32.1 Å². The number of carbonyl (C=O) groups is 2. The minimum Gasteiger partial charge on any atom is -0.350 e. The molecule has 2 aliphatic rings. The van der Waals surface area contributed by atoms with Crippen LogP contribution in [0, 0.1) is 5.92 Å². The van der Waals surface area contributed by atoms with Gasteiger partial charge in [-0.05, 0) is 49.5 Å². The summed E-state index contributed by atoms with van der Waals surface area (Å²) in [6.45, 7) is 1.13. The summed E-state index contributed by atoms with van der Waals surface area (Å²) in [5, 5.41) is 4.97. The van der Waals surface area contributed by atoms with Gasteiger partial charge in [-0.1, -0.05) is 6.07 Å². The van der Waals surface area contributed by atoms with Crippen LogP contribution in [0.15, 0.2) is 17.5 Å². The van der Waals surface area contributed by atoms with E-state index in [-0.39, 0.29) is 36.3 Å². The molecule has 2 atom stereocenters. The summed E-state index contributed by atoms with van der Waals surface area (Å²) in [4.78, 5) is 27.7. The quantitative estimate of drug-likeness (QED) is 0.846. The van der Waals surface area contributed by atoms with E-state index in [0.29, 0.717) is 23.9 Å². The second-order valence-corrected chi connectivity index (χ2v) is 7.12. The molecular formula is C16H24ClN3O2S. The zero-order valence-corrected chi connectivity index (χ0v) is 14.7. The van der Waals surface area contributed by atoms with Gasteiger partial charge >= 0.3 is 0 Å². The fourth-order valence-electron chi connectivity index (χ4n) is 3.14. The van der Waals surface area contributed by atoms with Crippen LogP contribution >= 0.6 is 23.7 Å². The molecule has 0 aromatic carbocycles. The molecule has 0 radical (unpaired) electrons. The highest BCUT2D eigenvalue weighted by molar-refractivity contribution is 7.12. The Morgan fingerprint density at radius 2 is 2.13 bits per heavy atom. The molecule has 1 aromatic rings. The first-order valence-electron chi connectivity index (χ1n) is 8.05. The summed E-state index contributed by atoms with van der Waals surface area (Å²) in [6, 6.07) is 3.40. The molecule has 1 saturated heterocycles. The topological polar surface area (TPSA) is 75.4 Å². The Hall–Kier alpha value is -1.11. The van der Waals surface area contributed by atoms with Crippen molar-refractivity contribution in [2.24, 2.45) is 11.7 Å². The van der Waals surface area contributed by atoms with Crippen molar-refractivity contribution < 1.29 is 9.59 Å². The van der Waals surface area contributed by atoms with E-state index in [1.807, 2.05) is 17.5 Å². The summed E-state index contributed by atoms with van der Waals surface area (Å²) in [5.74, 6) is 0.469. The minimum absolute atomic E-state index is 0. The van der Waals surface area contributed by atoms with Gasteiger partial charge in [0.1, 0.15) is 6.04 Å². The molecule has 3 N–H and O–H groups in total. The van der Waals surface area contributed by atoms with Gasteiger partial charge in [0.25, 0.3) is 5.91 Å². The zero-order valence-electron chi connectivity index (χ0n) is 13.1. The van der Waals surface area contributed by atoms with Crippen LogP contribution in [0.1, 0.15) is 41.8 Å². The number of nitrogens with two attached hydrogens (primary N) is 1. The van der Waals surface area contributed by atoms with E-state index in [4.69, 9.17) is 5.73 Å². The number of halogens is 1. The Morgan fingerprint density at radius 3 is 2.74 bits per heavy atom. The van der Waals surface area contributed by atoms with Gasteiger partial charge in [0.2, 0.25) is 5.91 Å². The number of hydrogen-bond acceptors (Lipinski definition) is 4. The number of carbonyl (C=O) groups excluding carboxylic acids is 2.